The van der Waals surface area contributed by atoms with E-state index in [2.05, 4.69) is 9.82 Å². The number of phenolic OH excluding ortho intramolecular Hbond substituents is 1. The van der Waals surface area contributed by atoms with Gasteiger partial charge in [0.15, 0.2) is 11.5 Å². The van der Waals surface area contributed by atoms with Gasteiger partial charge in [-0.3, -0.25) is 9.52 Å². The minimum absolute atomic E-state index is 0.0264. The van der Waals surface area contributed by atoms with Crippen LogP contribution >= 0.6 is 0 Å². The van der Waals surface area contributed by atoms with Gasteiger partial charge in [0.2, 0.25) is 15.9 Å². The average Bonchev–Trinajstić information content (AvgIpc) is 3.11. The fourth-order valence-electron chi connectivity index (χ4n) is 3.26. The molecule has 0 aliphatic carbocycles. The number of phenols is 1. The average molecular weight is 417 g/mol. The van der Waals surface area contributed by atoms with Crippen molar-refractivity contribution in [3.05, 3.63) is 53.6 Å². The van der Waals surface area contributed by atoms with E-state index in [1.807, 2.05) is 0 Å². The third-order valence-electron chi connectivity index (χ3n) is 4.59. The zero-order valence-corrected chi connectivity index (χ0v) is 17.2. The quantitative estimate of drug-likeness (QED) is 0.751. The van der Waals surface area contributed by atoms with Crippen molar-refractivity contribution in [1.82, 2.24) is 5.01 Å². The monoisotopic (exact) mass is 417 g/mol. The SMILES string of the molecule is CCC(=O)N1N=C(c2ccccc2NS(C)(=O)=O)C[C@H]1c1ccc(OC)c(O)c1. The first-order valence-corrected chi connectivity index (χ1v) is 11.0. The zero-order valence-electron chi connectivity index (χ0n) is 16.4. The molecule has 1 heterocycles. The number of rotatable bonds is 6. The highest BCUT2D eigenvalue weighted by Gasteiger charge is 2.33. The molecule has 8 nitrogen and oxygen atoms in total. The van der Waals surface area contributed by atoms with Crippen molar-refractivity contribution in [3.8, 4) is 11.5 Å². The van der Waals surface area contributed by atoms with Gasteiger partial charge in [0, 0.05) is 18.4 Å². The second-order valence-electron chi connectivity index (χ2n) is 6.71. The Morgan fingerprint density at radius 1 is 1.31 bits per heavy atom. The number of carbonyl (C=O) groups excluding carboxylic acids is 1. The molecule has 0 fully saturated rings. The summed E-state index contributed by atoms with van der Waals surface area (Å²) in [5, 5.41) is 16.0. The first-order valence-electron chi connectivity index (χ1n) is 9.07. The molecular weight excluding hydrogens is 394 g/mol. The number of aromatic hydroxyl groups is 1. The van der Waals surface area contributed by atoms with E-state index < -0.39 is 16.1 Å². The van der Waals surface area contributed by atoms with E-state index >= 15 is 0 Å². The van der Waals surface area contributed by atoms with Crippen LogP contribution in [0.1, 0.15) is 36.9 Å². The van der Waals surface area contributed by atoms with Gasteiger partial charge in [0.05, 0.1) is 30.8 Å². The van der Waals surface area contributed by atoms with Crippen LogP contribution in [0.5, 0.6) is 11.5 Å². The minimum Gasteiger partial charge on any atom is -0.504 e. The number of sulfonamides is 1. The van der Waals surface area contributed by atoms with Crippen LogP contribution in [0.25, 0.3) is 0 Å². The molecule has 0 saturated heterocycles. The Labute approximate surface area is 169 Å². The second kappa shape index (κ2) is 8.12. The summed E-state index contributed by atoms with van der Waals surface area (Å²) in [5.41, 5.74) is 2.29. The van der Waals surface area contributed by atoms with E-state index in [0.29, 0.717) is 34.7 Å². The number of nitrogens with zero attached hydrogens (tertiary/aromatic N) is 2. The van der Waals surface area contributed by atoms with Crippen LogP contribution in [-0.2, 0) is 14.8 Å². The molecule has 0 radical (unpaired) electrons. The predicted octanol–water partition coefficient (Wildman–Crippen LogP) is 2.86. The lowest BCUT2D eigenvalue weighted by atomic mass is 9.97. The number of benzene rings is 2. The lowest BCUT2D eigenvalue weighted by Gasteiger charge is -2.22. The number of ether oxygens (including phenoxy) is 1. The third-order valence-corrected chi connectivity index (χ3v) is 5.18. The van der Waals surface area contributed by atoms with E-state index in [4.69, 9.17) is 4.74 Å². The Balaban J connectivity index is 2.01. The van der Waals surface area contributed by atoms with E-state index in [9.17, 15) is 18.3 Å². The van der Waals surface area contributed by atoms with Crippen LogP contribution in [0.3, 0.4) is 0 Å². The fourth-order valence-corrected chi connectivity index (χ4v) is 3.84. The first kappa shape index (κ1) is 20.7. The standard InChI is InChI=1S/C20H23N3O5S/c1-4-20(25)23-17(13-9-10-19(28-2)18(24)11-13)12-16(21-23)14-7-5-6-8-15(14)22-29(3,26)27/h5-11,17,22,24H,4,12H2,1-3H3/t17-/m0/s1. The molecule has 9 heteroatoms. The number of anilines is 1. The van der Waals surface area contributed by atoms with Crippen LogP contribution in [-0.4, -0.2) is 43.5 Å². The minimum atomic E-state index is -3.48. The number of hydrazone groups is 1. The van der Waals surface area contributed by atoms with Gasteiger partial charge in [0.1, 0.15) is 0 Å². The highest BCUT2D eigenvalue weighted by atomic mass is 32.2. The smallest absolute Gasteiger partial charge is 0.242 e. The molecule has 2 aromatic carbocycles. The molecule has 0 saturated carbocycles. The summed E-state index contributed by atoms with van der Waals surface area (Å²) in [5.74, 6) is 0.138. The third kappa shape index (κ3) is 4.51. The van der Waals surface area contributed by atoms with E-state index in [0.717, 1.165) is 6.26 Å². The van der Waals surface area contributed by atoms with Crippen LogP contribution < -0.4 is 9.46 Å². The van der Waals surface area contributed by atoms with Gasteiger partial charge in [-0.05, 0) is 23.8 Å². The van der Waals surface area contributed by atoms with Crippen molar-refractivity contribution in [3.63, 3.8) is 0 Å². The number of hydrogen-bond acceptors (Lipinski definition) is 6. The van der Waals surface area contributed by atoms with Crippen molar-refractivity contribution >= 4 is 27.3 Å². The topological polar surface area (TPSA) is 108 Å². The fraction of sp³-hybridized carbons (Fsp3) is 0.300. The molecule has 29 heavy (non-hydrogen) atoms. The molecule has 1 atom stereocenters. The molecule has 0 aromatic heterocycles. The van der Waals surface area contributed by atoms with Gasteiger partial charge < -0.3 is 9.84 Å². The molecule has 3 rings (SSSR count). The van der Waals surface area contributed by atoms with Gasteiger partial charge in [0.25, 0.3) is 0 Å². The van der Waals surface area contributed by atoms with Crippen molar-refractivity contribution in [2.75, 3.05) is 18.1 Å². The molecule has 1 amide bonds. The lowest BCUT2D eigenvalue weighted by Crippen LogP contribution is -2.26. The maximum atomic E-state index is 12.5. The summed E-state index contributed by atoms with van der Waals surface area (Å²) < 4.78 is 31.0. The van der Waals surface area contributed by atoms with Crippen molar-refractivity contribution in [2.24, 2.45) is 5.10 Å². The number of para-hydroxylation sites is 1. The maximum Gasteiger partial charge on any atom is 0.242 e. The Bertz CT molecular complexity index is 1070. The zero-order chi connectivity index (χ0) is 21.2. The summed E-state index contributed by atoms with van der Waals surface area (Å²) in [6, 6.07) is 11.5. The molecule has 2 N–H and O–H groups in total. The number of hydrogen-bond donors (Lipinski definition) is 2. The number of methoxy groups -OCH3 is 1. The van der Waals surface area contributed by atoms with Crippen LogP contribution in [0.15, 0.2) is 47.6 Å². The first-order chi connectivity index (χ1) is 13.7. The van der Waals surface area contributed by atoms with Crippen LogP contribution in [0.2, 0.25) is 0 Å². The Morgan fingerprint density at radius 2 is 2.03 bits per heavy atom. The van der Waals surface area contributed by atoms with Crippen LogP contribution in [0.4, 0.5) is 5.69 Å². The van der Waals surface area contributed by atoms with Crippen molar-refractivity contribution in [1.29, 1.82) is 0 Å². The summed E-state index contributed by atoms with van der Waals surface area (Å²) in [4.78, 5) is 12.5. The molecule has 1 aliphatic heterocycles. The number of carbonyl (C=O) groups is 1. The molecule has 0 spiro atoms. The number of nitrogens with one attached hydrogen (secondary N) is 1. The molecule has 2 aromatic rings. The largest absolute Gasteiger partial charge is 0.504 e. The highest BCUT2D eigenvalue weighted by molar-refractivity contribution is 7.92. The Kier molecular flexibility index (Phi) is 5.78. The molecule has 0 unspecified atom stereocenters. The summed E-state index contributed by atoms with van der Waals surface area (Å²) in [6.07, 6.45) is 1.72. The Hall–Kier alpha value is -3.07. The highest BCUT2D eigenvalue weighted by Crippen LogP contribution is 2.38. The predicted molar refractivity (Wildman–Crippen MR) is 111 cm³/mol. The summed E-state index contributed by atoms with van der Waals surface area (Å²) >= 11 is 0. The van der Waals surface area contributed by atoms with Gasteiger partial charge in [-0.25, -0.2) is 13.4 Å². The molecule has 154 valence electrons. The second-order valence-corrected chi connectivity index (χ2v) is 8.46. The van der Waals surface area contributed by atoms with Crippen molar-refractivity contribution < 1.29 is 23.1 Å². The van der Waals surface area contributed by atoms with E-state index in [1.165, 1.54) is 12.1 Å². The Morgan fingerprint density at radius 3 is 2.66 bits per heavy atom. The molecule has 1 aliphatic rings. The molecule has 0 bridgehead atoms. The van der Waals surface area contributed by atoms with E-state index in [-0.39, 0.29) is 18.1 Å². The van der Waals surface area contributed by atoms with Gasteiger partial charge >= 0.3 is 0 Å². The van der Waals surface area contributed by atoms with Crippen LogP contribution in [0, 0.1) is 0 Å². The van der Waals surface area contributed by atoms with Crippen molar-refractivity contribution in [2.45, 2.75) is 25.8 Å². The normalized spacial score (nSPS) is 16.4. The van der Waals surface area contributed by atoms with Gasteiger partial charge in [-0.2, -0.15) is 5.10 Å². The van der Waals surface area contributed by atoms with Gasteiger partial charge in [-0.1, -0.05) is 31.2 Å². The van der Waals surface area contributed by atoms with E-state index in [1.54, 1.807) is 49.4 Å². The maximum absolute atomic E-state index is 12.5. The van der Waals surface area contributed by atoms with Gasteiger partial charge in [-0.15, -0.1) is 0 Å². The summed E-state index contributed by atoms with van der Waals surface area (Å²) in [6.45, 7) is 1.75. The lowest BCUT2D eigenvalue weighted by molar-refractivity contribution is -0.132. The summed E-state index contributed by atoms with van der Waals surface area (Å²) in [7, 11) is -2.01. The molecular formula is C20H23N3O5S. The number of amides is 1.